The first-order valence-electron chi connectivity index (χ1n) is 9.65. The van der Waals surface area contributed by atoms with Gasteiger partial charge in [-0.15, -0.1) is 12.4 Å². The summed E-state index contributed by atoms with van der Waals surface area (Å²) in [5.41, 5.74) is 6.37. The van der Waals surface area contributed by atoms with Crippen molar-refractivity contribution < 1.29 is 9.84 Å². The lowest BCUT2D eigenvalue weighted by Gasteiger charge is -2.33. The zero-order valence-electron chi connectivity index (χ0n) is 15.3. The molecular formula is C18H33ClN4O2. The minimum absolute atomic E-state index is 0. The van der Waals surface area contributed by atoms with E-state index in [1.165, 1.54) is 25.7 Å². The fraction of sp³-hybridized carbons (Fsp3) is 0.889. The number of aliphatic hydroxyl groups is 1. The van der Waals surface area contributed by atoms with Crippen LogP contribution >= 0.6 is 12.4 Å². The molecule has 25 heavy (non-hydrogen) atoms. The first kappa shape index (κ1) is 20.6. The molecule has 2 aliphatic carbocycles. The molecule has 0 aromatic carbocycles. The molecule has 0 radical (unpaired) electrons. The van der Waals surface area contributed by atoms with Gasteiger partial charge in [-0.2, -0.15) is 5.10 Å². The number of ether oxygens (including phenoxy) is 1. The van der Waals surface area contributed by atoms with Crippen molar-refractivity contribution in [2.24, 2.45) is 5.73 Å². The Morgan fingerprint density at radius 2 is 1.96 bits per heavy atom. The lowest BCUT2D eigenvalue weighted by atomic mass is 9.83. The SMILES string of the molecule is CCCO[C@@H]1CC[C@H](c2nc(C3CCCC3)nn2CCO)C[C@H]1N.Cl. The number of aromatic nitrogens is 3. The van der Waals surface area contributed by atoms with Crippen molar-refractivity contribution in [2.45, 2.75) is 88.8 Å². The van der Waals surface area contributed by atoms with Crippen LogP contribution in [0.2, 0.25) is 0 Å². The molecule has 0 saturated heterocycles. The number of nitrogens with two attached hydrogens (primary N) is 1. The van der Waals surface area contributed by atoms with Gasteiger partial charge in [0.15, 0.2) is 5.82 Å². The van der Waals surface area contributed by atoms with Gasteiger partial charge in [0.2, 0.25) is 0 Å². The van der Waals surface area contributed by atoms with E-state index < -0.39 is 0 Å². The molecule has 0 amide bonds. The minimum atomic E-state index is 0. The second-order valence-electron chi connectivity index (χ2n) is 7.34. The summed E-state index contributed by atoms with van der Waals surface area (Å²) in [7, 11) is 0. The number of halogens is 1. The molecule has 0 aliphatic heterocycles. The van der Waals surface area contributed by atoms with Gasteiger partial charge < -0.3 is 15.6 Å². The molecule has 3 rings (SSSR count). The Morgan fingerprint density at radius 1 is 1.20 bits per heavy atom. The summed E-state index contributed by atoms with van der Waals surface area (Å²) in [4.78, 5) is 4.90. The Hall–Kier alpha value is -0.690. The van der Waals surface area contributed by atoms with Crippen molar-refractivity contribution in [3.05, 3.63) is 11.6 Å². The van der Waals surface area contributed by atoms with Crippen molar-refractivity contribution in [2.75, 3.05) is 13.2 Å². The van der Waals surface area contributed by atoms with Gasteiger partial charge in [-0.05, 0) is 38.5 Å². The van der Waals surface area contributed by atoms with Crippen molar-refractivity contribution in [1.82, 2.24) is 14.8 Å². The summed E-state index contributed by atoms with van der Waals surface area (Å²) in [5.74, 6) is 2.83. The maximum atomic E-state index is 9.37. The van der Waals surface area contributed by atoms with E-state index in [1.807, 2.05) is 4.68 Å². The quantitative estimate of drug-likeness (QED) is 0.768. The first-order chi connectivity index (χ1) is 11.7. The summed E-state index contributed by atoms with van der Waals surface area (Å²) in [5, 5.41) is 14.1. The van der Waals surface area contributed by atoms with Gasteiger partial charge in [-0.1, -0.05) is 19.8 Å². The Kier molecular flexibility index (Phi) is 8.13. The van der Waals surface area contributed by atoms with Crippen LogP contribution in [0.3, 0.4) is 0 Å². The third-order valence-corrected chi connectivity index (χ3v) is 5.48. The number of nitrogens with zero attached hydrogens (tertiary/aromatic N) is 3. The van der Waals surface area contributed by atoms with E-state index in [0.29, 0.717) is 18.4 Å². The highest BCUT2D eigenvalue weighted by molar-refractivity contribution is 5.85. The molecule has 0 unspecified atom stereocenters. The highest BCUT2D eigenvalue weighted by atomic mass is 35.5. The van der Waals surface area contributed by atoms with E-state index in [9.17, 15) is 5.11 Å². The van der Waals surface area contributed by atoms with Crippen LogP contribution in [0.4, 0.5) is 0 Å². The zero-order chi connectivity index (χ0) is 16.9. The molecule has 6 nitrogen and oxygen atoms in total. The molecule has 2 aliphatic rings. The van der Waals surface area contributed by atoms with Crippen LogP contribution in [-0.4, -0.2) is 45.2 Å². The maximum absolute atomic E-state index is 9.37. The molecule has 7 heteroatoms. The lowest BCUT2D eigenvalue weighted by Crippen LogP contribution is -2.42. The molecule has 3 atom stereocenters. The fourth-order valence-electron chi connectivity index (χ4n) is 4.18. The third kappa shape index (κ3) is 4.94. The van der Waals surface area contributed by atoms with Gasteiger partial charge in [0, 0.05) is 24.5 Å². The van der Waals surface area contributed by atoms with Crippen LogP contribution in [0, 0.1) is 0 Å². The Labute approximate surface area is 156 Å². The summed E-state index contributed by atoms with van der Waals surface area (Å²) in [6.07, 6.45) is 9.06. The Bertz CT molecular complexity index is 519. The van der Waals surface area contributed by atoms with Gasteiger partial charge in [0.25, 0.3) is 0 Å². The number of hydrogen-bond donors (Lipinski definition) is 2. The van der Waals surface area contributed by atoms with Crippen LogP contribution in [-0.2, 0) is 11.3 Å². The minimum Gasteiger partial charge on any atom is -0.394 e. The van der Waals surface area contributed by atoms with E-state index in [1.54, 1.807) is 0 Å². The second-order valence-corrected chi connectivity index (χ2v) is 7.34. The van der Waals surface area contributed by atoms with Crippen LogP contribution in [0.25, 0.3) is 0 Å². The van der Waals surface area contributed by atoms with Crippen molar-refractivity contribution in [3.8, 4) is 0 Å². The van der Waals surface area contributed by atoms with Gasteiger partial charge in [0.1, 0.15) is 5.82 Å². The smallest absolute Gasteiger partial charge is 0.154 e. The van der Waals surface area contributed by atoms with Gasteiger partial charge in [-0.25, -0.2) is 9.67 Å². The van der Waals surface area contributed by atoms with Gasteiger partial charge in [0.05, 0.1) is 19.3 Å². The molecule has 1 heterocycles. The van der Waals surface area contributed by atoms with Crippen molar-refractivity contribution in [3.63, 3.8) is 0 Å². The Morgan fingerprint density at radius 3 is 2.60 bits per heavy atom. The monoisotopic (exact) mass is 372 g/mol. The Balaban J connectivity index is 0.00000225. The second kappa shape index (κ2) is 9.86. The molecule has 144 valence electrons. The van der Waals surface area contributed by atoms with Crippen molar-refractivity contribution >= 4 is 12.4 Å². The summed E-state index contributed by atoms with van der Waals surface area (Å²) in [6.45, 7) is 3.53. The predicted molar refractivity (Wildman–Crippen MR) is 100 cm³/mol. The zero-order valence-corrected chi connectivity index (χ0v) is 16.1. The predicted octanol–water partition coefficient (Wildman–Crippen LogP) is 2.74. The molecular weight excluding hydrogens is 340 g/mol. The number of rotatable bonds is 7. The molecule has 0 spiro atoms. The van der Waals surface area contributed by atoms with Crippen LogP contribution < -0.4 is 5.73 Å². The fourth-order valence-corrected chi connectivity index (χ4v) is 4.18. The summed E-state index contributed by atoms with van der Waals surface area (Å²) < 4.78 is 7.81. The highest BCUT2D eigenvalue weighted by Gasteiger charge is 2.33. The molecule has 2 fully saturated rings. The first-order valence-corrected chi connectivity index (χ1v) is 9.65. The van der Waals surface area contributed by atoms with E-state index in [-0.39, 0.29) is 31.2 Å². The van der Waals surface area contributed by atoms with E-state index in [4.69, 9.17) is 20.6 Å². The van der Waals surface area contributed by atoms with Crippen LogP contribution in [0.1, 0.15) is 81.8 Å². The number of hydrogen-bond acceptors (Lipinski definition) is 5. The number of aliphatic hydroxyl groups excluding tert-OH is 1. The van der Waals surface area contributed by atoms with E-state index in [0.717, 1.165) is 43.9 Å². The summed E-state index contributed by atoms with van der Waals surface area (Å²) in [6, 6.07) is 0.0597. The molecule has 1 aromatic heterocycles. The van der Waals surface area contributed by atoms with Crippen LogP contribution in [0.15, 0.2) is 0 Å². The lowest BCUT2D eigenvalue weighted by molar-refractivity contribution is 0.0106. The topological polar surface area (TPSA) is 86.2 Å². The highest BCUT2D eigenvalue weighted by Crippen LogP contribution is 2.36. The standard InChI is InChI=1S/C18H32N4O2.ClH/c1-2-11-24-16-8-7-14(12-15(16)19)18-20-17(13-5-3-4-6-13)21-22(18)9-10-23;/h13-16,23H,2-12,19H2,1H3;1H/t14-,15+,16+;/m0./s1. The third-order valence-electron chi connectivity index (χ3n) is 5.48. The molecule has 0 bridgehead atoms. The van der Waals surface area contributed by atoms with E-state index in [2.05, 4.69) is 6.92 Å². The maximum Gasteiger partial charge on any atom is 0.154 e. The van der Waals surface area contributed by atoms with Crippen LogP contribution in [0.5, 0.6) is 0 Å². The summed E-state index contributed by atoms with van der Waals surface area (Å²) >= 11 is 0. The molecule has 1 aromatic rings. The molecule has 3 N–H and O–H groups in total. The van der Waals surface area contributed by atoms with Gasteiger partial charge >= 0.3 is 0 Å². The average Bonchev–Trinajstić information content (AvgIpc) is 3.23. The van der Waals surface area contributed by atoms with E-state index >= 15 is 0 Å². The average molecular weight is 373 g/mol. The normalized spacial score (nSPS) is 27.4. The largest absolute Gasteiger partial charge is 0.394 e. The van der Waals surface area contributed by atoms with Crippen molar-refractivity contribution in [1.29, 1.82) is 0 Å². The molecule has 2 saturated carbocycles. The van der Waals surface area contributed by atoms with Gasteiger partial charge in [-0.3, -0.25) is 0 Å².